The molecule has 36 heavy (non-hydrogen) atoms. The SMILES string of the molecule is CCN1C(=O)/C(=C/c2ccccc2OCc2ccccc2)SC1=Nc1ccc(N2CCCCC2)cc1. The molecule has 0 saturated carbocycles. The van der Waals surface area contributed by atoms with E-state index >= 15 is 0 Å². The van der Waals surface area contributed by atoms with Gasteiger partial charge in [0.1, 0.15) is 12.4 Å². The van der Waals surface area contributed by atoms with E-state index in [1.54, 1.807) is 4.90 Å². The zero-order valence-electron chi connectivity index (χ0n) is 20.6. The monoisotopic (exact) mass is 497 g/mol. The molecule has 0 atom stereocenters. The molecule has 2 aliphatic heterocycles. The molecule has 1 amide bonds. The van der Waals surface area contributed by atoms with Gasteiger partial charge in [-0.2, -0.15) is 0 Å². The molecule has 2 heterocycles. The second-order valence-electron chi connectivity index (χ2n) is 8.93. The third kappa shape index (κ3) is 5.65. The minimum Gasteiger partial charge on any atom is -0.488 e. The summed E-state index contributed by atoms with van der Waals surface area (Å²) in [4.78, 5) is 22.9. The molecule has 0 bridgehead atoms. The topological polar surface area (TPSA) is 45.1 Å². The van der Waals surface area contributed by atoms with Crippen LogP contribution in [0.4, 0.5) is 11.4 Å². The lowest BCUT2D eigenvalue weighted by Gasteiger charge is -2.28. The predicted octanol–water partition coefficient (Wildman–Crippen LogP) is 6.88. The Kier molecular flexibility index (Phi) is 7.72. The number of nitrogens with zero attached hydrogens (tertiary/aromatic N) is 3. The van der Waals surface area contributed by atoms with Crippen molar-refractivity contribution in [3.63, 3.8) is 0 Å². The molecule has 2 aliphatic rings. The summed E-state index contributed by atoms with van der Waals surface area (Å²) in [6, 6.07) is 26.3. The molecule has 0 radical (unpaired) electrons. The number of amidine groups is 1. The summed E-state index contributed by atoms with van der Waals surface area (Å²) >= 11 is 1.42. The zero-order valence-corrected chi connectivity index (χ0v) is 21.4. The van der Waals surface area contributed by atoms with Crippen LogP contribution in [0.25, 0.3) is 6.08 Å². The van der Waals surface area contributed by atoms with Gasteiger partial charge in [-0.1, -0.05) is 48.5 Å². The normalized spacial score (nSPS) is 18.3. The number of amides is 1. The predicted molar refractivity (Wildman–Crippen MR) is 150 cm³/mol. The summed E-state index contributed by atoms with van der Waals surface area (Å²) in [6.45, 7) is 5.26. The lowest BCUT2D eigenvalue weighted by atomic mass is 10.1. The van der Waals surface area contributed by atoms with Crippen LogP contribution in [0.5, 0.6) is 5.75 Å². The number of ether oxygens (including phenoxy) is 1. The fraction of sp³-hybridized carbons (Fsp3) is 0.267. The van der Waals surface area contributed by atoms with Gasteiger partial charge >= 0.3 is 0 Å². The van der Waals surface area contributed by atoms with Crippen molar-refractivity contribution in [3.8, 4) is 5.75 Å². The molecule has 3 aromatic carbocycles. The van der Waals surface area contributed by atoms with Crippen LogP contribution in [0.3, 0.4) is 0 Å². The third-order valence-corrected chi connectivity index (χ3v) is 7.45. The van der Waals surface area contributed by atoms with E-state index in [1.165, 1.54) is 36.7 Å². The van der Waals surface area contributed by atoms with E-state index < -0.39 is 0 Å². The van der Waals surface area contributed by atoms with Gasteiger partial charge in [0.2, 0.25) is 0 Å². The van der Waals surface area contributed by atoms with Crippen molar-refractivity contribution in [2.24, 2.45) is 4.99 Å². The summed E-state index contributed by atoms with van der Waals surface area (Å²) in [7, 11) is 0. The molecular weight excluding hydrogens is 466 g/mol. The van der Waals surface area contributed by atoms with Crippen LogP contribution < -0.4 is 9.64 Å². The minimum atomic E-state index is -0.0240. The molecule has 0 N–H and O–H groups in total. The highest BCUT2D eigenvalue weighted by Gasteiger charge is 2.32. The van der Waals surface area contributed by atoms with Crippen molar-refractivity contribution < 1.29 is 9.53 Å². The van der Waals surface area contributed by atoms with Gasteiger partial charge < -0.3 is 9.64 Å². The Morgan fingerprint density at radius 3 is 2.39 bits per heavy atom. The van der Waals surface area contributed by atoms with Crippen molar-refractivity contribution in [3.05, 3.63) is 94.9 Å². The summed E-state index contributed by atoms with van der Waals surface area (Å²) in [6.07, 6.45) is 5.74. The van der Waals surface area contributed by atoms with Gasteiger partial charge in [-0.15, -0.1) is 0 Å². The minimum absolute atomic E-state index is 0.0240. The molecule has 0 spiro atoms. The molecule has 2 saturated heterocycles. The Morgan fingerprint density at radius 2 is 1.64 bits per heavy atom. The highest BCUT2D eigenvalue weighted by molar-refractivity contribution is 8.18. The van der Waals surface area contributed by atoms with Crippen molar-refractivity contribution in [2.45, 2.75) is 32.8 Å². The summed E-state index contributed by atoms with van der Waals surface area (Å²) in [5.41, 5.74) is 4.09. The smallest absolute Gasteiger partial charge is 0.266 e. The first-order valence-corrected chi connectivity index (χ1v) is 13.4. The quantitative estimate of drug-likeness (QED) is 0.334. The first-order valence-electron chi connectivity index (χ1n) is 12.6. The molecule has 3 aromatic rings. The van der Waals surface area contributed by atoms with E-state index in [2.05, 4.69) is 17.0 Å². The summed E-state index contributed by atoms with van der Waals surface area (Å²) < 4.78 is 6.09. The number of carbonyl (C=O) groups excluding carboxylic acids is 1. The first kappa shape index (κ1) is 24.2. The van der Waals surface area contributed by atoms with Gasteiger partial charge in [-0.3, -0.25) is 9.69 Å². The van der Waals surface area contributed by atoms with Crippen molar-refractivity contribution in [1.82, 2.24) is 4.90 Å². The largest absolute Gasteiger partial charge is 0.488 e. The number of likely N-dealkylation sites (N-methyl/N-ethyl adjacent to an activating group) is 1. The molecular formula is C30H31N3O2S. The van der Waals surface area contributed by atoms with Crippen molar-refractivity contribution >= 4 is 40.3 Å². The second kappa shape index (κ2) is 11.5. The fourth-order valence-electron chi connectivity index (χ4n) is 4.48. The van der Waals surface area contributed by atoms with Crippen LogP contribution >= 0.6 is 11.8 Å². The summed E-state index contributed by atoms with van der Waals surface area (Å²) in [5.74, 6) is 0.730. The molecule has 0 aliphatic carbocycles. The average Bonchev–Trinajstić information content (AvgIpc) is 3.23. The number of aliphatic imine (C=N–C) groups is 1. The molecule has 5 rings (SSSR count). The number of rotatable bonds is 7. The Balaban J connectivity index is 1.34. The number of para-hydroxylation sites is 1. The van der Waals surface area contributed by atoms with Crippen LogP contribution in [0.1, 0.15) is 37.3 Å². The Bertz CT molecular complexity index is 1250. The third-order valence-electron chi connectivity index (χ3n) is 6.44. The van der Waals surface area contributed by atoms with E-state index in [9.17, 15) is 4.79 Å². The highest BCUT2D eigenvalue weighted by atomic mass is 32.2. The van der Waals surface area contributed by atoms with Gasteiger partial charge in [0.15, 0.2) is 5.17 Å². The Morgan fingerprint density at radius 1 is 0.917 bits per heavy atom. The number of carbonyl (C=O) groups is 1. The average molecular weight is 498 g/mol. The van der Waals surface area contributed by atoms with E-state index in [4.69, 9.17) is 9.73 Å². The van der Waals surface area contributed by atoms with E-state index in [1.807, 2.05) is 79.7 Å². The maximum atomic E-state index is 13.2. The van der Waals surface area contributed by atoms with Gasteiger partial charge in [-0.25, -0.2) is 4.99 Å². The maximum Gasteiger partial charge on any atom is 0.266 e. The van der Waals surface area contributed by atoms with Gasteiger partial charge in [0, 0.05) is 30.9 Å². The molecule has 5 nitrogen and oxygen atoms in total. The molecule has 6 heteroatoms. The molecule has 0 aromatic heterocycles. The lowest BCUT2D eigenvalue weighted by Crippen LogP contribution is -2.29. The Labute approximate surface area is 217 Å². The van der Waals surface area contributed by atoms with E-state index in [0.717, 1.165) is 35.7 Å². The van der Waals surface area contributed by atoms with Gasteiger partial charge in [-0.05, 0) is 79.9 Å². The standard InChI is InChI=1S/C30H31N3O2S/c1-2-33-29(34)28(21-24-13-7-8-14-27(24)35-22-23-11-5-3-6-12-23)36-30(33)31-25-15-17-26(18-16-25)32-19-9-4-10-20-32/h3,5-8,11-18,21H,2,4,9-10,19-20,22H2,1H3/b28-21-,31-30?. The van der Waals surface area contributed by atoms with Crippen LogP contribution in [0.2, 0.25) is 0 Å². The van der Waals surface area contributed by atoms with Crippen LogP contribution in [0, 0.1) is 0 Å². The number of anilines is 1. The number of thioether (sulfide) groups is 1. The van der Waals surface area contributed by atoms with Crippen molar-refractivity contribution in [1.29, 1.82) is 0 Å². The maximum absolute atomic E-state index is 13.2. The molecule has 184 valence electrons. The van der Waals surface area contributed by atoms with E-state index in [-0.39, 0.29) is 5.91 Å². The first-order chi connectivity index (χ1) is 17.7. The number of hydrogen-bond donors (Lipinski definition) is 0. The van der Waals surface area contributed by atoms with Gasteiger partial charge in [0.25, 0.3) is 5.91 Å². The van der Waals surface area contributed by atoms with Crippen LogP contribution in [0.15, 0.2) is 88.8 Å². The highest BCUT2D eigenvalue weighted by Crippen LogP contribution is 2.36. The van der Waals surface area contributed by atoms with Crippen LogP contribution in [-0.4, -0.2) is 35.6 Å². The number of benzene rings is 3. The van der Waals surface area contributed by atoms with Gasteiger partial charge in [0.05, 0.1) is 10.6 Å². The summed E-state index contributed by atoms with van der Waals surface area (Å²) in [5, 5.41) is 0.710. The number of hydrogen-bond acceptors (Lipinski definition) is 5. The van der Waals surface area contributed by atoms with E-state index in [0.29, 0.717) is 23.2 Å². The number of piperidine rings is 1. The zero-order chi connectivity index (χ0) is 24.7. The van der Waals surface area contributed by atoms with Crippen molar-refractivity contribution in [2.75, 3.05) is 24.5 Å². The second-order valence-corrected chi connectivity index (χ2v) is 9.94. The Hall–Kier alpha value is -3.51. The fourth-order valence-corrected chi connectivity index (χ4v) is 5.53. The lowest BCUT2D eigenvalue weighted by molar-refractivity contribution is -0.122. The molecule has 2 fully saturated rings. The van der Waals surface area contributed by atoms with Crippen LogP contribution in [-0.2, 0) is 11.4 Å². The molecule has 0 unspecified atom stereocenters.